The second kappa shape index (κ2) is 49.8. The van der Waals surface area contributed by atoms with Gasteiger partial charge in [-0.1, -0.05) is 208 Å². The van der Waals surface area contributed by atoms with Crippen LogP contribution in [0, 0.1) is 10.8 Å². The van der Waals surface area contributed by atoms with E-state index < -0.39 is 18.7 Å². The fraction of sp³-hybridized carbons (Fsp3) is 1.00. The summed E-state index contributed by atoms with van der Waals surface area (Å²) in [5.41, 5.74) is -1.27. The summed E-state index contributed by atoms with van der Waals surface area (Å²) >= 11 is 0. The van der Waals surface area contributed by atoms with Gasteiger partial charge in [0.25, 0.3) is 0 Å². The highest BCUT2D eigenvalue weighted by molar-refractivity contribution is 7.48. The number of hydrogen-bond acceptors (Lipinski definition) is 10. The Bertz CT molecular complexity index is 993. The lowest BCUT2D eigenvalue weighted by Gasteiger charge is -2.37. The minimum absolute atomic E-state index is 0.0484. The summed E-state index contributed by atoms with van der Waals surface area (Å²) in [7, 11) is -2.12. The SMILES string of the molecule is CCCCCCCCCCCCCCOCC(COC)(COCCCC)COCC(COCCCC)(COCCCCCCCCCCCCCC)COP(=O)(OCCCC)OCCCC. The lowest BCUT2D eigenvalue weighted by molar-refractivity contribution is -0.134. The molecule has 0 aromatic heterocycles. The molecule has 0 rings (SSSR count). The highest BCUT2D eigenvalue weighted by Crippen LogP contribution is 2.51. The van der Waals surface area contributed by atoms with E-state index in [2.05, 4.69) is 41.5 Å². The van der Waals surface area contributed by atoms with Gasteiger partial charge in [0.2, 0.25) is 0 Å². The highest BCUT2D eigenvalue weighted by Gasteiger charge is 2.39. The molecule has 0 aromatic rings. The lowest BCUT2D eigenvalue weighted by atomic mass is 9.90. The summed E-state index contributed by atoms with van der Waals surface area (Å²) in [6.07, 6.45) is 38.7. The largest absolute Gasteiger partial charge is 0.474 e. The number of rotatable bonds is 57. The molecule has 398 valence electrons. The third-order valence-corrected chi connectivity index (χ3v) is 13.9. The van der Waals surface area contributed by atoms with E-state index in [1.54, 1.807) is 7.11 Å². The molecule has 0 amide bonds. The van der Waals surface area contributed by atoms with Crippen molar-refractivity contribution in [2.24, 2.45) is 10.8 Å². The van der Waals surface area contributed by atoms with Crippen molar-refractivity contribution in [1.29, 1.82) is 0 Å². The number of unbranched alkanes of at least 4 members (excludes halogenated alkanes) is 26. The molecule has 10 nitrogen and oxygen atoms in total. The van der Waals surface area contributed by atoms with Gasteiger partial charge in [-0.15, -0.1) is 0 Å². The number of hydrogen-bond donors (Lipinski definition) is 0. The van der Waals surface area contributed by atoms with Gasteiger partial charge in [0.1, 0.15) is 0 Å². The molecular weight excluding hydrogens is 852 g/mol. The van der Waals surface area contributed by atoms with Crippen LogP contribution in [-0.2, 0) is 46.6 Å². The third-order valence-electron chi connectivity index (χ3n) is 12.5. The van der Waals surface area contributed by atoms with E-state index in [9.17, 15) is 4.57 Å². The molecule has 0 saturated carbocycles. The minimum atomic E-state index is -3.86. The van der Waals surface area contributed by atoms with Gasteiger partial charge in [-0.2, -0.15) is 0 Å². The highest BCUT2D eigenvalue weighted by atomic mass is 31.2. The van der Waals surface area contributed by atoms with Gasteiger partial charge >= 0.3 is 7.82 Å². The number of phosphoric acid groups is 1. The van der Waals surface area contributed by atoms with Crippen LogP contribution < -0.4 is 0 Å². The van der Waals surface area contributed by atoms with Gasteiger partial charge in [-0.25, -0.2) is 4.57 Å². The fourth-order valence-corrected chi connectivity index (χ4v) is 9.36. The van der Waals surface area contributed by atoms with Crippen LogP contribution in [0.3, 0.4) is 0 Å². The molecule has 0 N–H and O–H groups in total. The molecule has 2 atom stereocenters. The first-order chi connectivity index (χ1) is 32.3. The summed E-state index contributed by atoms with van der Waals surface area (Å²) in [6, 6.07) is 0. The van der Waals surface area contributed by atoms with E-state index in [4.69, 9.17) is 42.0 Å². The molecule has 66 heavy (non-hydrogen) atoms. The zero-order valence-corrected chi connectivity index (χ0v) is 46.0. The Morgan fingerprint density at radius 3 is 0.848 bits per heavy atom. The molecule has 0 fully saturated rings. The van der Waals surface area contributed by atoms with Gasteiger partial charge in [0, 0.05) is 33.5 Å². The summed E-state index contributed by atoms with van der Waals surface area (Å²) in [4.78, 5) is 0. The maximum Gasteiger partial charge on any atom is 0.474 e. The van der Waals surface area contributed by atoms with Crippen molar-refractivity contribution in [3.05, 3.63) is 0 Å². The van der Waals surface area contributed by atoms with Crippen LogP contribution in [0.15, 0.2) is 0 Å². The predicted molar refractivity (Wildman–Crippen MR) is 278 cm³/mol. The summed E-state index contributed by atoms with van der Waals surface area (Å²) in [5.74, 6) is 0. The average molecular weight is 965 g/mol. The van der Waals surface area contributed by atoms with Crippen LogP contribution in [0.1, 0.15) is 247 Å². The van der Waals surface area contributed by atoms with Crippen molar-refractivity contribution in [1.82, 2.24) is 0 Å². The average Bonchev–Trinajstić information content (AvgIpc) is 3.31. The molecule has 0 saturated heterocycles. The monoisotopic (exact) mass is 965 g/mol. The minimum Gasteiger partial charge on any atom is -0.384 e. The third kappa shape index (κ3) is 40.6. The lowest BCUT2D eigenvalue weighted by Crippen LogP contribution is -2.45. The Balaban J connectivity index is 5.84. The zero-order chi connectivity index (χ0) is 48.4. The normalized spacial score (nSPS) is 14.0. The van der Waals surface area contributed by atoms with E-state index in [1.165, 1.54) is 135 Å². The molecule has 2 unspecified atom stereocenters. The van der Waals surface area contributed by atoms with E-state index in [1.807, 2.05) is 0 Å². The van der Waals surface area contributed by atoms with Gasteiger partial charge in [0.05, 0.1) is 76.9 Å². The van der Waals surface area contributed by atoms with Gasteiger partial charge in [-0.3, -0.25) is 13.6 Å². The molecule has 0 heterocycles. The topological polar surface area (TPSA) is 100 Å². The van der Waals surface area contributed by atoms with Crippen molar-refractivity contribution < 1.29 is 46.6 Å². The summed E-state index contributed by atoms with van der Waals surface area (Å²) in [6.45, 7) is 19.0. The zero-order valence-electron chi connectivity index (χ0n) is 45.1. The van der Waals surface area contributed by atoms with Crippen LogP contribution in [0.5, 0.6) is 0 Å². The first kappa shape index (κ1) is 65.9. The van der Waals surface area contributed by atoms with Crippen molar-refractivity contribution >= 4 is 7.82 Å². The Labute approximate surface area is 410 Å². The van der Waals surface area contributed by atoms with Gasteiger partial charge < -0.3 is 28.4 Å². The van der Waals surface area contributed by atoms with Crippen LogP contribution in [0.2, 0.25) is 0 Å². The Morgan fingerprint density at radius 1 is 0.273 bits per heavy atom. The smallest absolute Gasteiger partial charge is 0.384 e. The van der Waals surface area contributed by atoms with Crippen LogP contribution in [0.4, 0.5) is 0 Å². The molecule has 0 aliphatic carbocycles. The first-order valence-electron chi connectivity index (χ1n) is 28.3. The molecule has 0 spiro atoms. The predicted octanol–water partition coefficient (Wildman–Crippen LogP) is 16.4. The quantitative estimate of drug-likeness (QED) is 0.0433. The Hall–Kier alpha value is -0.130. The summed E-state index contributed by atoms with van der Waals surface area (Å²) < 4.78 is 70.5. The second-order valence-electron chi connectivity index (χ2n) is 19.7. The molecule has 0 aliphatic rings. The Morgan fingerprint density at radius 2 is 0.530 bits per heavy atom. The molecule has 0 aliphatic heterocycles. The molecule has 11 heteroatoms. The fourth-order valence-electron chi connectivity index (χ4n) is 8.00. The van der Waals surface area contributed by atoms with Crippen molar-refractivity contribution in [2.75, 3.05) is 99.6 Å². The molecular formula is C55H113O10P. The van der Waals surface area contributed by atoms with Gasteiger partial charge in [-0.05, 0) is 38.5 Å². The second-order valence-corrected chi connectivity index (χ2v) is 21.4. The summed E-state index contributed by atoms with van der Waals surface area (Å²) in [5, 5.41) is 0. The van der Waals surface area contributed by atoms with Crippen LogP contribution >= 0.6 is 7.82 Å². The molecule has 0 aromatic carbocycles. The first-order valence-corrected chi connectivity index (χ1v) is 29.7. The van der Waals surface area contributed by atoms with E-state index in [0.717, 1.165) is 70.6 Å². The number of ether oxygens (including phenoxy) is 6. The van der Waals surface area contributed by atoms with Gasteiger partial charge in [0.15, 0.2) is 0 Å². The molecule has 0 bridgehead atoms. The molecule has 0 radical (unpaired) electrons. The van der Waals surface area contributed by atoms with Crippen molar-refractivity contribution in [3.8, 4) is 0 Å². The Kier molecular flexibility index (Phi) is 49.7. The van der Waals surface area contributed by atoms with E-state index in [0.29, 0.717) is 79.3 Å². The van der Waals surface area contributed by atoms with Crippen LogP contribution in [0.25, 0.3) is 0 Å². The maximum absolute atomic E-state index is 14.2. The van der Waals surface area contributed by atoms with Crippen molar-refractivity contribution in [2.45, 2.75) is 247 Å². The number of methoxy groups -OCH3 is 1. The number of phosphoric ester groups is 1. The van der Waals surface area contributed by atoms with Crippen molar-refractivity contribution in [3.63, 3.8) is 0 Å². The van der Waals surface area contributed by atoms with E-state index >= 15 is 0 Å². The van der Waals surface area contributed by atoms with E-state index in [-0.39, 0.29) is 13.2 Å². The van der Waals surface area contributed by atoms with Crippen LogP contribution in [-0.4, -0.2) is 99.6 Å². The maximum atomic E-state index is 14.2. The standard InChI is InChI=1S/C55H113O10P/c1-8-14-20-22-24-26-28-30-32-34-36-38-42-60-48-54(46-57-7,47-58-40-16-10-3)51-62-52-55(49-59-41-17-11-4,53-65-66(56,63-44-18-12-5)64-45-19-13-6)50-61-43-39-37-35-33-31-29-27-25-23-21-15-9-2/h8-53H2,1-7H3.